The molecular weight excluding hydrogens is 334 g/mol. The standard InChI is InChI=1S/C19H23N3O4/c1-12-16(19(25)26)11-21-22(12)15-8-6-13(7-9-15)18(24)20-10-14-4-2-3-5-17(14)23/h6-9,11,14,17,23H,2-5,10H2,1H3,(H,20,24)(H,25,26)/t14-,17+/m1/s1. The Morgan fingerprint density at radius 3 is 2.54 bits per heavy atom. The SMILES string of the molecule is Cc1c(C(=O)O)cnn1-c1ccc(C(=O)NC[C@H]2CCCC[C@@H]2O)cc1. The molecule has 0 saturated heterocycles. The van der Waals surface area contributed by atoms with Gasteiger partial charge in [0, 0.05) is 18.0 Å². The Morgan fingerprint density at radius 2 is 1.92 bits per heavy atom. The van der Waals surface area contributed by atoms with Crippen molar-refractivity contribution in [2.24, 2.45) is 5.92 Å². The van der Waals surface area contributed by atoms with E-state index in [0.717, 1.165) is 25.7 Å². The maximum atomic E-state index is 12.3. The quantitative estimate of drug-likeness (QED) is 0.761. The fraction of sp³-hybridized carbons (Fsp3) is 0.421. The number of hydrogen-bond acceptors (Lipinski definition) is 4. The molecule has 7 nitrogen and oxygen atoms in total. The third-order valence-electron chi connectivity index (χ3n) is 5.01. The molecule has 1 fully saturated rings. The zero-order valence-electron chi connectivity index (χ0n) is 14.7. The van der Waals surface area contributed by atoms with Crippen LogP contribution < -0.4 is 5.32 Å². The first-order chi connectivity index (χ1) is 12.5. The van der Waals surface area contributed by atoms with Gasteiger partial charge in [0.25, 0.3) is 5.91 Å². The number of aliphatic hydroxyl groups excluding tert-OH is 1. The smallest absolute Gasteiger partial charge is 0.339 e. The number of hydrogen-bond donors (Lipinski definition) is 3. The number of aliphatic hydroxyl groups is 1. The molecule has 1 aromatic heterocycles. The zero-order chi connectivity index (χ0) is 18.7. The van der Waals surface area contributed by atoms with E-state index in [1.165, 1.54) is 10.9 Å². The summed E-state index contributed by atoms with van der Waals surface area (Å²) in [5, 5.41) is 26.1. The molecule has 1 heterocycles. The van der Waals surface area contributed by atoms with Crippen molar-refractivity contribution in [1.29, 1.82) is 0 Å². The lowest BCUT2D eigenvalue weighted by atomic mass is 9.86. The van der Waals surface area contributed by atoms with Crippen LogP contribution in [0.25, 0.3) is 5.69 Å². The van der Waals surface area contributed by atoms with Gasteiger partial charge < -0.3 is 15.5 Å². The highest BCUT2D eigenvalue weighted by Crippen LogP contribution is 2.23. The van der Waals surface area contributed by atoms with E-state index < -0.39 is 5.97 Å². The number of carboxylic acid groups (broad SMARTS) is 1. The number of benzene rings is 1. The molecule has 0 bridgehead atoms. The van der Waals surface area contributed by atoms with E-state index in [-0.39, 0.29) is 23.5 Å². The van der Waals surface area contributed by atoms with Crippen LogP contribution in [0.15, 0.2) is 30.5 Å². The minimum Gasteiger partial charge on any atom is -0.478 e. The molecule has 7 heteroatoms. The number of aromatic carboxylic acids is 1. The van der Waals surface area contributed by atoms with Gasteiger partial charge in [-0.2, -0.15) is 5.10 Å². The molecule has 3 rings (SSSR count). The van der Waals surface area contributed by atoms with Crippen molar-refractivity contribution < 1.29 is 19.8 Å². The van der Waals surface area contributed by atoms with Crippen LogP contribution in [0, 0.1) is 12.8 Å². The van der Waals surface area contributed by atoms with Crippen molar-refractivity contribution in [3.63, 3.8) is 0 Å². The number of carbonyl (C=O) groups excluding carboxylic acids is 1. The number of rotatable bonds is 5. The Kier molecular flexibility index (Phi) is 5.37. The molecule has 0 spiro atoms. The normalized spacial score (nSPS) is 19.9. The minimum atomic E-state index is -1.02. The summed E-state index contributed by atoms with van der Waals surface area (Å²) in [5.74, 6) is -1.08. The van der Waals surface area contributed by atoms with Gasteiger partial charge in [-0.15, -0.1) is 0 Å². The molecule has 0 aliphatic heterocycles. The predicted molar refractivity (Wildman–Crippen MR) is 95.6 cm³/mol. The van der Waals surface area contributed by atoms with Crippen LogP contribution in [0.4, 0.5) is 0 Å². The number of carboxylic acids is 1. The second-order valence-corrected chi connectivity index (χ2v) is 6.73. The summed E-state index contributed by atoms with van der Waals surface area (Å²) in [6, 6.07) is 6.83. The summed E-state index contributed by atoms with van der Waals surface area (Å²) in [5.41, 5.74) is 1.88. The van der Waals surface area contributed by atoms with Crippen LogP contribution in [0.5, 0.6) is 0 Å². The highest BCUT2D eigenvalue weighted by atomic mass is 16.4. The Bertz CT molecular complexity index is 798. The lowest BCUT2D eigenvalue weighted by Gasteiger charge is -2.27. The first-order valence-electron chi connectivity index (χ1n) is 8.82. The Labute approximate surface area is 151 Å². The van der Waals surface area contributed by atoms with E-state index in [1.807, 2.05) is 0 Å². The monoisotopic (exact) mass is 357 g/mol. The van der Waals surface area contributed by atoms with Crippen molar-refractivity contribution in [2.75, 3.05) is 6.54 Å². The van der Waals surface area contributed by atoms with E-state index in [4.69, 9.17) is 5.11 Å². The van der Waals surface area contributed by atoms with Gasteiger partial charge in [-0.3, -0.25) is 4.79 Å². The van der Waals surface area contributed by atoms with Crippen LogP contribution in [-0.4, -0.2) is 44.5 Å². The number of nitrogens with zero attached hydrogens (tertiary/aromatic N) is 2. The van der Waals surface area contributed by atoms with Gasteiger partial charge in [-0.25, -0.2) is 9.48 Å². The highest BCUT2D eigenvalue weighted by Gasteiger charge is 2.23. The van der Waals surface area contributed by atoms with Gasteiger partial charge in [0.05, 0.1) is 23.7 Å². The average molecular weight is 357 g/mol. The topological polar surface area (TPSA) is 104 Å². The molecule has 1 aliphatic carbocycles. The van der Waals surface area contributed by atoms with Gasteiger partial charge in [0.2, 0.25) is 0 Å². The molecule has 1 aliphatic rings. The van der Waals surface area contributed by atoms with Crippen LogP contribution in [-0.2, 0) is 0 Å². The van der Waals surface area contributed by atoms with Gasteiger partial charge in [0.15, 0.2) is 0 Å². The lowest BCUT2D eigenvalue weighted by molar-refractivity contribution is 0.0661. The lowest BCUT2D eigenvalue weighted by Crippen LogP contribution is -2.36. The van der Waals surface area contributed by atoms with E-state index in [1.54, 1.807) is 31.2 Å². The Balaban J connectivity index is 1.65. The molecule has 1 aromatic carbocycles. The predicted octanol–water partition coefficient (Wildman–Crippen LogP) is 2.16. The van der Waals surface area contributed by atoms with Gasteiger partial charge in [0.1, 0.15) is 5.56 Å². The van der Waals surface area contributed by atoms with Gasteiger partial charge in [-0.1, -0.05) is 12.8 Å². The molecule has 0 radical (unpaired) electrons. The number of carbonyl (C=O) groups is 2. The second-order valence-electron chi connectivity index (χ2n) is 6.73. The molecule has 1 saturated carbocycles. The van der Waals surface area contributed by atoms with Crippen LogP contribution >= 0.6 is 0 Å². The summed E-state index contributed by atoms with van der Waals surface area (Å²) >= 11 is 0. The van der Waals surface area contributed by atoms with Crippen molar-refractivity contribution in [3.8, 4) is 5.69 Å². The number of nitrogens with one attached hydrogen (secondary N) is 1. The highest BCUT2D eigenvalue weighted by molar-refractivity contribution is 5.94. The van der Waals surface area contributed by atoms with Gasteiger partial charge in [-0.05, 0) is 44.0 Å². The zero-order valence-corrected chi connectivity index (χ0v) is 14.7. The molecular formula is C19H23N3O4. The third-order valence-corrected chi connectivity index (χ3v) is 5.01. The molecule has 1 amide bonds. The summed E-state index contributed by atoms with van der Waals surface area (Å²) in [6.07, 6.45) is 4.85. The minimum absolute atomic E-state index is 0.119. The molecule has 2 atom stereocenters. The Morgan fingerprint density at radius 1 is 1.23 bits per heavy atom. The fourth-order valence-electron chi connectivity index (χ4n) is 3.39. The molecule has 138 valence electrons. The number of amides is 1. The van der Waals surface area contributed by atoms with Crippen molar-refractivity contribution in [3.05, 3.63) is 47.3 Å². The second kappa shape index (κ2) is 7.70. The van der Waals surface area contributed by atoms with Crippen LogP contribution in [0.1, 0.15) is 52.1 Å². The molecule has 2 aromatic rings. The van der Waals surface area contributed by atoms with Crippen molar-refractivity contribution in [2.45, 2.75) is 38.7 Å². The summed E-state index contributed by atoms with van der Waals surface area (Å²) in [6.45, 7) is 2.16. The van der Waals surface area contributed by atoms with E-state index in [9.17, 15) is 14.7 Å². The first kappa shape index (κ1) is 18.1. The van der Waals surface area contributed by atoms with Crippen molar-refractivity contribution >= 4 is 11.9 Å². The van der Waals surface area contributed by atoms with E-state index in [2.05, 4.69) is 10.4 Å². The third kappa shape index (κ3) is 3.77. The average Bonchev–Trinajstić information content (AvgIpc) is 3.02. The number of aromatic nitrogens is 2. The van der Waals surface area contributed by atoms with E-state index >= 15 is 0 Å². The molecule has 0 unspecified atom stereocenters. The summed E-state index contributed by atoms with van der Waals surface area (Å²) in [4.78, 5) is 23.4. The molecule has 26 heavy (non-hydrogen) atoms. The largest absolute Gasteiger partial charge is 0.478 e. The first-order valence-corrected chi connectivity index (χ1v) is 8.82. The van der Waals surface area contributed by atoms with Gasteiger partial charge >= 0.3 is 5.97 Å². The van der Waals surface area contributed by atoms with Crippen LogP contribution in [0.2, 0.25) is 0 Å². The van der Waals surface area contributed by atoms with Crippen molar-refractivity contribution in [1.82, 2.24) is 15.1 Å². The summed E-state index contributed by atoms with van der Waals surface area (Å²) < 4.78 is 1.53. The maximum Gasteiger partial charge on any atom is 0.339 e. The summed E-state index contributed by atoms with van der Waals surface area (Å²) in [7, 11) is 0. The fourth-order valence-corrected chi connectivity index (χ4v) is 3.39. The Hall–Kier alpha value is -2.67. The maximum absolute atomic E-state index is 12.3. The van der Waals surface area contributed by atoms with Crippen LogP contribution in [0.3, 0.4) is 0 Å². The van der Waals surface area contributed by atoms with E-state index in [0.29, 0.717) is 23.5 Å². The molecule has 3 N–H and O–H groups in total.